The Morgan fingerprint density at radius 2 is 2.00 bits per heavy atom. The molecule has 0 amide bonds. The summed E-state index contributed by atoms with van der Waals surface area (Å²) in [7, 11) is -0.271. The SMILES string of the molecule is CC1CCS1(C)Cc1ccccc1. The molecule has 0 radical (unpaired) electrons. The van der Waals surface area contributed by atoms with E-state index >= 15 is 0 Å². The molecule has 1 aromatic carbocycles. The van der Waals surface area contributed by atoms with Crippen LogP contribution >= 0.6 is 10.0 Å². The van der Waals surface area contributed by atoms with E-state index in [1.54, 1.807) is 0 Å². The molecule has 1 aromatic rings. The molecular formula is C12H18S. The van der Waals surface area contributed by atoms with E-state index in [1.807, 2.05) is 0 Å². The number of hydrogen-bond donors (Lipinski definition) is 0. The molecule has 13 heavy (non-hydrogen) atoms. The Labute approximate surface area is 82.7 Å². The van der Waals surface area contributed by atoms with E-state index in [4.69, 9.17) is 0 Å². The molecule has 1 heterocycles. The van der Waals surface area contributed by atoms with Gasteiger partial charge in [0.1, 0.15) is 0 Å². The van der Waals surface area contributed by atoms with E-state index in [1.165, 1.54) is 23.5 Å². The first kappa shape index (κ1) is 9.14. The smallest absolute Gasteiger partial charge is 0.00250 e. The third kappa shape index (κ3) is 1.76. The molecule has 72 valence electrons. The molecule has 0 saturated carbocycles. The molecule has 0 N–H and O–H groups in total. The van der Waals surface area contributed by atoms with E-state index in [9.17, 15) is 0 Å². The molecule has 0 aromatic heterocycles. The van der Waals surface area contributed by atoms with Gasteiger partial charge in [-0.15, -0.1) is 0 Å². The lowest BCUT2D eigenvalue weighted by Gasteiger charge is -2.51. The van der Waals surface area contributed by atoms with Crippen molar-refractivity contribution in [3.05, 3.63) is 35.9 Å². The van der Waals surface area contributed by atoms with Crippen molar-refractivity contribution in [1.29, 1.82) is 0 Å². The Balaban J connectivity index is 2.06. The molecule has 1 fully saturated rings. The summed E-state index contributed by atoms with van der Waals surface area (Å²) in [6.07, 6.45) is 3.97. The Morgan fingerprint density at radius 3 is 2.46 bits per heavy atom. The van der Waals surface area contributed by atoms with Gasteiger partial charge in [-0.05, 0) is 29.2 Å². The standard InChI is InChI=1S/C12H18S/c1-11-8-9-13(11,2)10-12-6-4-3-5-7-12/h3-7,11H,8-10H2,1-2H3. The van der Waals surface area contributed by atoms with Crippen LogP contribution in [0.25, 0.3) is 0 Å². The summed E-state index contributed by atoms with van der Waals surface area (Å²) < 4.78 is 0. The normalized spacial score (nSPS) is 37.5. The van der Waals surface area contributed by atoms with Crippen molar-refractivity contribution < 1.29 is 0 Å². The van der Waals surface area contributed by atoms with Gasteiger partial charge in [0.25, 0.3) is 0 Å². The summed E-state index contributed by atoms with van der Waals surface area (Å²) >= 11 is 0. The first-order valence-corrected chi connectivity index (χ1v) is 7.41. The zero-order chi connectivity index (χ0) is 9.31. The lowest BCUT2D eigenvalue weighted by molar-refractivity contribution is 0.825. The monoisotopic (exact) mass is 194 g/mol. The van der Waals surface area contributed by atoms with Gasteiger partial charge in [-0.2, -0.15) is 0 Å². The van der Waals surface area contributed by atoms with Crippen LogP contribution in [-0.2, 0) is 5.75 Å². The maximum Gasteiger partial charge on any atom is 0.00250 e. The fraction of sp³-hybridized carbons (Fsp3) is 0.500. The minimum Gasteiger partial charge on any atom is -0.237 e. The van der Waals surface area contributed by atoms with Crippen molar-refractivity contribution in [1.82, 2.24) is 0 Å². The Morgan fingerprint density at radius 1 is 1.31 bits per heavy atom. The minimum atomic E-state index is -0.271. The molecule has 1 aliphatic heterocycles. The van der Waals surface area contributed by atoms with Crippen molar-refractivity contribution >= 4 is 10.0 Å². The molecule has 1 saturated heterocycles. The van der Waals surface area contributed by atoms with Crippen LogP contribution in [0, 0.1) is 0 Å². The van der Waals surface area contributed by atoms with Gasteiger partial charge < -0.3 is 0 Å². The number of hydrogen-bond acceptors (Lipinski definition) is 0. The topological polar surface area (TPSA) is 0 Å². The second kappa shape index (κ2) is 3.38. The van der Waals surface area contributed by atoms with Crippen LogP contribution in [0.5, 0.6) is 0 Å². The second-order valence-corrected chi connectivity index (χ2v) is 8.49. The summed E-state index contributed by atoms with van der Waals surface area (Å²) in [5.74, 6) is 2.83. The van der Waals surface area contributed by atoms with E-state index in [0.717, 1.165) is 5.25 Å². The maximum atomic E-state index is 2.51. The molecule has 2 rings (SSSR count). The van der Waals surface area contributed by atoms with Gasteiger partial charge in [-0.1, -0.05) is 37.3 Å². The van der Waals surface area contributed by atoms with E-state index < -0.39 is 0 Å². The predicted octanol–water partition coefficient (Wildman–Crippen LogP) is 3.41. The molecule has 2 atom stereocenters. The maximum absolute atomic E-state index is 2.51. The lowest BCUT2D eigenvalue weighted by Crippen LogP contribution is -2.30. The van der Waals surface area contributed by atoms with E-state index in [-0.39, 0.29) is 10.0 Å². The van der Waals surface area contributed by atoms with Gasteiger partial charge in [0.05, 0.1) is 0 Å². The van der Waals surface area contributed by atoms with Gasteiger partial charge in [0.15, 0.2) is 0 Å². The summed E-state index contributed by atoms with van der Waals surface area (Å²) in [5.41, 5.74) is 1.53. The van der Waals surface area contributed by atoms with Gasteiger partial charge in [0.2, 0.25) is 0 Å². The number of rotatable bonds is 2. The highest BCUT2D eigenvalue weighted by molar-refractivity contribution is 8.34. The third-order valence-corrected chi connectivity index (χ3v) is 7.64. The molecule has 0 nitrogen and oxygen atoms in total. The van der Waals surface area contributed by atoms with Gasteiger partial charge in [-0.3, -0.25) is 0 Å². The Bertz CT molecular complexity index is 280. The summed E-state index contributed by atoms with van der Waals surface area (Å²) in [5, 5.41) is 0.993. The fourth-order valence-electron chi connectivity index (χ4n) is 1.93. The van der Waals surface area contributed by atoms with Crippen LogP contribution in [-0.4, -0.2) is 17.3 Å². The van der Waals surface area contributed by atoms with E-state index in [0.29, 0.717) is 0 Å². The minimum absolute atomic E-state index is 0.271. The van der Waals surface area contributed by atoms with Crippen molar-refractivity contribution in [2.45, 2.75) is 24.3 Å². The largest absolute Gasteiger partial charge is 0.237 e. The Kier molecular flexibility index (Phi) is 2.37. The van der Waals surface area contributed by atoms with Crippen molar-refractivity contribution in [3.8, 4) is 0 Å². The molecular weight excluding hydrogens is 176 g/mol. The van der Waals surface area contributed by atoms with Crippen LogP contribution in [0.3, 0.4) is 0 Å². The van der Waals surface area contributed by atoms with Crippen LogP contribution in [0.2, 0.25) is 0 Å². The van der Waals surface area contributed by atoms with Gasteiger partial charge >= 0.3 is 0 Å². The predicted molar refractivity (Wildman–Crippen MR) is 62.6 cm³/mol. The second-order valence-electron chi connectivity index (χ2n) is 4.28. The first-order chi connectivity index (χ1) is 6.21. The summed E-state index contributed by atoms with van der Waals surface area (Å²) in [4.78, 5) is 0. The molecule has 1 heteroatoms. The highest BCUT2D eigenvalue weighted by atomic mass is 32.3. The van der Waals surface area contributed by atoms with Gasteiger partial charge in [-0.25, -0.2) is 10.0 Å². The van der Waals surface area contributed by atoms with Crippen molar-refractivity contribution in [2.75, 3.05) is 12.0 Å². The quantitative estimate of drug-likeness (QED) is 0.677. The van der Waals surface area contributed by atoms with Gasteiger partial charge in [0, 0.05) is 5.75 Å². The molecule has 0 spiro atoms. The highest BCUT2D eigenvalue weighted by Gasteiger charge is 2.34. The average molecular weight is 194 g/mol. The Hall–Kier alpha value is -0.430. The fourth-order valence-corrected chi connectivity index (χ4v) is 4.82. The highest BCUT2D eigenvalue weighted by Crippen LogP contribution is 2.61. The molecule has 1 aliphatic rings. The molecule has 0 bridgehead atoms. The molecule has 0 aliphatic carbocycles. The van der Waals surface area contributed by atoms with Crippen LogP contribution in [0.4, 0.5) is 0 Å². The lowest BCUT2D eigenvalue weighted by atomic mass is 10.2. The summed E-state index contributed by atoms with van der Waals surface area (Å²) in [6, 6.07) is 10.9. The first-order valence-electron chi connectivity index (χ1n) is 4.97. The number of benzene rings is 1. The van der Waals surface area contributed by atoms with Crippen molar-refractivity contribution in [3.63, 3.8) is 0 Å². The van der Waals surface area contributed by atoms with E-state index in [2.05, 4.69) is 43.5 Å². The van der Waals surface area contributed by atoms with Crippen molar-refractivity contribution in [2.24, 2.45) is 0 Å². The average Bonchev–Trinajstić information content (AvgIpc) is 2.17. The zero-order valence-electron chi connectivity index (χ0n) is 8.49. The van der Waals surface area contributed by atoms with Crippen LogP contribution in [0.15, 0.2) is 30.3 Å². The zero-order valence-corrected chi connectivity index (χ0v) is 9.31. The third-order valence-electron chi connectivity index (χ3n) is 3.30. The molecule has 2 unspecified atom stereocenters. The summed E-state index contributed by atoms with van der Waals surface area (Å²) in [6.45, 7) is 2.42. The van der Waals surface area contributed by atoms with Crippen LogP contribution < -0.4 is 0 Å². The van der Waals surface area contributed by atoms with Crippen LogP contribution in [0.1, 0.15) is 18.9 Å².